The van der Waals surface area contributed by atoms with Gasteiger partial charge in [-0.2, -0.15) is 0 Å². The smallest absolute Gasteiger partial charge is 0.307 e. The van der Waals surface area contributed by atoms with E-state index in [2.05, 4.69) is 10.1 Å². The lowest BCUT2D eigenvalue weighted by Crippen LogP contribution is -2.34. The predicted octanol–water partition coefficient (Wildman–Crippen LogP) is 1.03. The molecule has 1 rings (SSSR count). The molecule has 7 heteroatoms. The van der Waals surface area contributed by atoms with Gasteiger partial charge in [0.25, 0.3) is 5.91 Å². The topological polar surface area (TPSA) is 95.9 Å². The van der Waals surface area contributed by atoms with Crippen molar-refractivity contribution in [1.29, 1.82) is 0 Å². The number of carbonyl (C=O) groups is 3. The van der Waals surface area contributed by atoms with Crippen molar-refractivity contribution < 1.29 is 24.2 Å². The fraction of sp³-hybridized carbons (Fsp3) is 0.438. The molecule has 7 nitrogen and oxygen atoms in total. The number of hydrogen-bond donors (Lipinski definition) is 2. The van der Waals surface area contributed by atoms with E-state index in [1.54, 1.807) is 24.3 Å². The number of hydrogen-bond acceptors (Lipinski definition) is 5. The summed E-state index contributed by atoms with van der Waals surface area (Å²) in [5.41, 5.74) is 0.928. The molecule has 126 valence electrons. The second-order valence-corrected chi connectivity index (χ2v) is 4.96. The molecule has 0 spiro atoms. The minimum absolute atomic E-state index is 0.0477. The van der Waals surface area contributed by atoms with E-state index in [-0.39, 0.29) is 31.4 Å². The number of nitrogens with one attached hydrogen (secondary N) is 1. The number of methoxy groups -OCH3 is 1. The van der Waals surface area contributed by atoms with E-state index in [0.29, 0.717) is 24.2 Å². The van der Waals surface area contributed by atoms with Crippen LogP contribution in [0.4, 0.5) is 5.69 Å². The van der Waals surface area contributed by atoms with E-state index < -0.39 is 5.97 Å². The van der Waals surface area contributed by atoms with Crippen LogP contribution in [-0.2, 0) is 14.3 Å². The van der Waals surface area contributed by atoms with Crippen LogP contribution >= 0.6 is 0 Å². The van der Waals surface area contributed by atoms with Crippen LogP contribution in [0, 0.1) is 0 Å². The van der Waals surface area contributed by atoms with Crippen molar-refractivity contribution in [3.05, 3.63) is 29.8 Å². The quantitative estimate of drug-likeness (QED) is 0.697. The minimum atomic E-state index is -0.404. The van der Waals surface area contributed by atoms with Crippen molar-refractivity contribution in [1.82, 2.24) is 4.90 Å². The van der Waals surface area contributed by atoms with E-state index >= 15 is 0 Å². The van der Waals surface area contributed by atoms with Crippen LogP contribution in [0.2, 0.25) is 0 Å². The molecule has 2 amide bonds. The maximum Gasteiger partial charge on any atom is 0.307 e. The van der Waals surface area contributed by atoms with Crippen LogP contribution < -0.4 is 5.32 Å². The number of anilines is 1. The minimum Gasteiger partial charge on any atom is -0.469 e. The Hall–Kier alpha value is -2.41. The van der Waals surface area contributed by atoms with Crippen molar-refractivity contribution in [3.8, 4) is 0 Å². The number of carbonyl (C=O) groups excluding carboxylic acids is 3. The molecular formula is C16H22N2O5. The number of amides is 2. The van der Waals surface area contributed by atoms with Gasteiger partial charge in [0.05, 0.1) is 13.5 Å². The van der Waals surface area contributed by atoms with Crippen molar-refractivity contribution in [3.63, 3.8) is 0 Å². The Kier molecular flexibility index (Phi) is 7.76. The van der Waals surface area contributed by atoms with Crippen LogP contribution in [-0.4, -0.2) is 54.6 Å². The summed E-state index contributed by atoms with van der Waals surface area (Å²) in [5, 5.41) is 11.6. The summed E-state index contributed by atoms with van der Waals surface area (Å²) in [6, 6.07) is 6.57. The van der Waals surface area contributed by atoms with E-state index in [1.807, 2.05) is 0 Å². The number of benzene rings is 1. The Morgan fingerprint density at radius 2 is 2.00 bits per heavy atom. The number of aliphatic hydroxyl groups excluding tert-OH is 1. The average Bonchev–Trinajstić information content (AvgIpc) is 2.53. The van der Waals surface area contributed by atoms with Crippen LogP contribution in [0.3, 0.4) is 0 Å². The van der Waals surface area contributed by atoms with E-state index in [4.69, 9.17) is 5.11 Å². The zero-order valence-electron chi connectivity index (χ0n) is 13.4. The second kappa shape index (κ2) is 9.58. The molecule has 0 fully saturated rings. The van der Waals surface area contributed by atoms with Crippen LogP contribution in [0.25, 0.3) is 0 Å². The predicted molar refractivity (Wildman–Crippen MR) is 85.0 cm³/mol. The summed E-state index contributed by atoms with van der Waals surface area (Å²) < 4.78 is 4.58. The number of ether oxygens (including phenoxy) is 1. The summed E-state index contributed by atoms with van der Waals surface area (Å²) in [5.74, 6) is -0.897. The third-order valence-electron chi connectivity index (χ3n) is 3.12. The molecule has 0 bridgehead atoms. The summed E-state index contributed by atoms with van der Waals surface area (Å²) in [4.78, 5) is 36.4. The monoisotopic (exact) mass is 322 g/mol. The van der Waals surface area contributed by atoms with E-state index in [9.17, 15) is 14.4 Å². The molecule has 0 aliphatic rings. The zero-order chi connectivity index (χ0) is 17.2. The molecular weight excluding hydrogens is 300 g/mol. The molecule has 0 aromatic heterocycles. The first kappa shape index (κ1) is 18.6. The van der Waals surface area contributed by atoms with Gasteiger partial charge in [-0.15, -0.1) is 0 Å². The summed E-state index contributed by atoms with van der Waals surface area (Å²) in [7, 11) is 1.29. The van der Waals surface area contributed by atoms with Crippen molar-refractivity contribution >= 4 is 23.5 Å². The Morgan fingerprint density at radius 3 is 2.61 bits per heavy atom. The van der Waals surface area contributed by atoms with Crippen LogP contribution in [0.1, 0.15) is 30.1 Å². The summed E-state index contributed by atoms with van der Waals surface area (Å²) in [6.45, 7) is 1.87. The van der Waals surface area contributed by atoms with Gasteiger partial charge in [-0.3, -0.25) is 14.4 Å². The number of rotatable bonds is 8. The van der Waals surface area contributed by atoms with Gasteiger partial charge in [0.1, 0.15) is 0 Å². The normalized spacial score (nSPS) is 10.0. The molecule has 0 saturated carbocycles. The molecule has 0 aliphatic carbocycles. The Morgan fingerprint density at radius 1 is 1.26 bits per heavy atom. The van der Waals surface area contributed by atoms with Gasteiger partial charge >= 0.3 is 5.97 Å². The van der Waals surface area contributed by atoms with Gasteiger partial charge in [-0.25, -0.2) is 0 Å². The number of aliphatic hydroxyl groups is 1. The van der Waals surface area contributed by atoms with Gasteiger partial charge in [0.2, 0.25) is 5.91 Å². The van der Waals surface area contributed by atoms with E-state index in [1.165, 1.54) is 18.9 Å². The van der Waals surface area contributed by atoms with Gasteiger partial charge in [0, 0.05) is 37.9 Å². The maximum atomic E-state index is 12.6. The third kappa shape index (κ3) is 6.48. The first-order chi connectivity index (χ1) is 11.0. The van der Waals surface area contributed by atoms with Gasteiger partial charge in [-0.1, -0.05) is 6.07 Å². The first-order valence-corrected chi connectivity index (χ1v) is 7.32. The van der Waals surface area contributed by atoms with Crippen LogP contribution in [0.15, 0.2) is 24.3 Å². The Bertz CT molecular complexity index is 559. The summed E-state index contributed by atoms with van der Waals surface area (Å²) in [6.07, 6.45) is 0.497. The molecule has 0 atom stereocenters. The summed E-state index contributed by atoms with van der Waals surface area (Å²) >= 11 is 0. The molecule has 1 aromatic rings. The highest BCUT2D eigenvalue weighted by Gasteiger charge is 2.17. The van der Waals surface area contributed by atoms with Crippen molar-refractivity contribution in [2.75, 3.05) is 32.1 Å². The van der Waals surface area contributed by atoms with Crippen molar-refractivity contribution in [2.24, 2.45) is 0 Å². The largest absolute Gasteiger partial charge is 0.469 e. The number of esters is 1. The lowest BCUT2D eigenvalue weighted by molar-refractivity contribution is -0.140. The van der Waals surface area contributed by atoms with Crippen LogP contribution in [0.5, 0.6) is 0 Å². The van der Waals surface area contributed by atoms with E-state index in [0.717, 1.165) is 0 Å². The molecule has 0 aliphatic heterocycles. The fourth-order valence-electron chi connectivity index (χ4n) is 2.02. The average molecular weight is 322 g/mol. The molecule has 0 radical (unpaired) electrons. The highest BCUT2D eigenvalue weighted by molar-refractivity contribution is 5.97. The third-order valence-corrected chi connectivity index (χ3v) is 3.12. The molecule has 2 N–H and O–H groups in total. The SMILES string of the molecule is COC(=O)CCN(CCCO)C(=O)c1cccc(NC(C)=O)c1. The standard InChI is InChI=1S/C16H22N2O5/c1-12(20)17-14-6-3-5-13(11-14)16(22)18(8-4-10-19)9-7-15(21)23-2/h3,5-6,11,19H,4,7-10H2,1-2H3,(H,17,20). The molecule has 1 aromatic carbocycles. The first-order valence-electron chi connectivity index (χ1n) is 7.32. The highest BCUT2D eigenvalue weighted by Crippen LogP contribution is 2.13. The van der Waals surface area contributed by atoms with Gasteiger partial charge in [-0.05, 0) is 24.6 Å². The Balaban J connectivity index is 2.85. The maximum absolute atomic E-state index is 12.6. The molecule has 0 saturated heterocycles. The highest BCUT2D eigenvalue weighted by atomic mass is 16.5. The molecule has 0 unspecified atom stereocenters. The lowest BCUT2D eigenvalue weighted by Gasteiger charge is -2.22. The lowest BCUT2D eigenvalue weighted by atomic mass is 10.1. The van der Waals surface area contributed by atoms with Gasteiger partial charge in [0.15, 0.2) is 0 Å². The number of nitrogens with zero attached hydrogens (tertiary/aromatic N) is 1. The molecule has 0 heterocycles. The van der Waals surface area contributed by atoms with Gasteiger partial charge < -0.3 is 20.1 Å². The van der Waals surface area contributed by atoms with Crippen molar-refractivity contribution in [2.45, 2.75) is 19.8 Å². The Labute approximate surface area is 135 Å². The molecule has 23 heavy (non-hydrogen) atoms. The fourth-order valence-corrected chi connectivity index (χ4v) is 2.02. The second-order valence-electron chi connectivity index (χ2n) is 4.96. The zero-order valence-corrected chi connectivity index (χ0v) is 13.4.